The predicted molar refractivity (Wildman–Crippen MR) is 132 cm³/mol. The fourth-order valence-electron chi connectivity index (χ4n) is 3.95. The molecule has 0 atom stereocenters. The van der Waals surface area contributed by atoms with Crippen molar-refractivity contribution in [2.24, 2.45) is 0 Å². The highest BCUT2D eigenvalue weighted by molar-refractivity contribution is 6.31. The highest BCUT2D eigenvalue weighted by atomic mass is 35.5. The van der Waals surface area contributed by atoms with Crippen LogP contribution in [0.4, 0.5) is 5.82 Å². The first kappa shape index (κ1) is 23.3. The van der Waals surface area contributed by atoms with E-state index in [1.54, 1.807) is 24.3 Å². The number of hydrogen-bond donors (Lipinski definition) is 0. The summed E-state index contributed by atoms with van der Waals surface area (Å²) in [6.07, 6.45) is 0.662. The average Bonchev–Trinajstić information content (AvgIpc) is 2.81. The van der Waals surface area contributed by atoms with Gasteiger partial charge in [-0.25, -0.2) is 9.97 Å². The molecule has 1 amide bonds. The van der Waals surface area contributed by atoms with Gasteiger partial charge in [0.2, 0.25) is 0 Å². The summed E-state index contributed by atoms with van der Waals surface area (Å²) in [5.41, 5.74) is 3.07. The van der Waals surface area contributed by atoms with Crippen LogP contribution in [0.2, 0.25) is 10.0 Å². The molecular formula is C25H26Cl2N4O2. The van der Waals surface area contributed by atoms with Crippen molar-refractivity contribution in [1.29, 1.82) is 0 Å². The molecule has 0 radical (unpaired) electrons. The maximum Gasteiger partial charge on any atom is 0.260 e. The van der Waals surface area contributed by atoms with Gasteiger partial charge in [-0.2, -0.15) is 0 Å². The van der Waals surface area contributed by atoms with Gasteiger partial charge in [0, 0.05) is 53.9 Å². The molecule has 0 spiro atoms. The van der Waals surface area contributed by atoms with Crippen molar-refractivity contribution in [3.05, 3.63) is 81.2 Å². The Balaban J connectivity index is 1.42. The molecule has 8 heteroatoms. The molecule has 0 bridgehead atoms. The van der Waals surface area contributed by atoms with Crippen molar-refractivity contribution < 1.29 is 9.53 Å². The molecule has 172 valence electrons. The molecule has 1 aromatic heterocycles. The summed E-state index contributed by atoms with van der Waals surface area (Å²) in [6, 6.07) is 14.8. The van der Waals surface area contributed by atoms with E-state index in [0.717, 1.165) is 33.5 Å². The van der Waals surface area contributed by atoms with E-state index in [2.05, 4.69) is 9.88 Å². The maximum atomic E-state index is 12.7. The van der Waals surface area contributed by atoms with Crippen LogP contribution < -0.4 is 9.64 Å². The van der Waals surface area contributed by atoms with Crippen molar-refractivity contribution in [3.63, 3.8) is 0 Å². The Bertz CT molecular complexity index is 1130. The zero-order valence-corrected chi connectivity index (χ0v) is 20.2. The van der Waals surface area contributed by atoms with Crippen molar-refractivity contribution >= 4 is 34.9 Å². The second kappa shape index (κ2) is 10.4. The van der Waals surface area contributed by atoms with E-state index < -0.39 is 0 Å². The molecule has 2 heterocycles. The summed E-state index contributed by atoms with van der Waals surface area (Å²) >= 11 is 12.3. The largest absolute Gasteiger partial charge is 0.484 e. The van der Waals surface area contributed by atoms with Crippen LogP contribution in [0.15, 0.2) is 48.5 Å². The molecular weight excluding hydrogens is 459 g/mol. The van der Waals surface area contributed by atoms with Crippen LogP contribution in [0.3, 0.4) is 0 Å². The number of nitrogens with zero attached hydrogens (tertiary/aromatic N) is 4. The van der Waals surface area contributed by atoms with Gasteiger partial charge in [-0.3, -0.25) is 4.79 Å². The molecule has 2 aromatic carbocycles. The summed E-state index contributed by atoms with van der Waals surface area (Å²) in [5, 5.41) is 1.37. The van der Waals surface area contributed by atoms with E-state index >= 15 is 0 Å². The molecule has 1 saturated heterocycles. The molecule has 6 nitrogen and oxygen atoms in total. The summed E-state index contributed by atoms with van der Waals surface area (Å²) in [5.74, 6) is 2.25. The number of piperazine rings is 1. The minimum absolute atomic E-state index is 0.00507. The molecule has 0 N–H and O–H groups in total. The number of aromatic nitrogens is 2. The minimum atomic E-state index is -0.0315. The zero-order valence-electron chi connectivity index (χ0n) is 18.7. The Morgan fingerprint density at radius 2 is 1.67 bits per heavy atom. The highest BCUT2D eigenvalue weighted by Gasteiger charge is 2.25. The number of benzene rings is 2. The first-order valence-electron chi connectivity index (χ1n) is 10.9. The number of carbonyl (C=O) groups excluding carboxylic acids is 1. The van der Waals surface area contributed by atoms with Gasteiger partial charge >= 0.3 is 0 Å². The average molecular weight is 485 g/mol. The van der Waals surface area contributed by atoms with Gasteiger partial charge in [0.1, 0.15) is 17.4 Å². The van der Waals surface area contributed by atoms with Crippen LogP contribution in [0.25, 0.3) is 0 Å². The standard InChI is InChI=1S/C25H26Cl2N4O2/c1-17-22(15-19-5-3-4-6-23(19)27)25(29-18(2)28-17)31-13-11-30(12-14-31)24(32)16-33-21-9-7-20(26)8-10-21/h3-10H,11-16H2,1-2H3. The number of anilines is 1. The molecule has 3 aromatic rings. The number of ether oxygens (including phenoxy) is 1. The molecule has 1 aliphatic rings. The summed E-state index contributed by atoms with van der Waals surface area (Å²) in [4.78, 5) is 26.1. The lowest BCUT2D eigenvalue weighted by Gasteiger charge is -2.36. The van der Waals surface area contributed by atoms with E-state index in [4.69, 9.17) is 32.9 Å². The number of aryl methyl sites for hydroxylation is 2. The predicted octanol–water partition coefficient (Wildman–Crippen LogP) is 4.72. The van der Waals surface area contributed by atoms with Gasteiger partial charge in [0.25, 0.3) is 5.91 Å². The van der Waals surface area contributed by atoms with Gasteiger partial charge in [-0.05, 0) is 49.7 Å². The van der Waals surface area contributed by atoms with Crippen molar-refractivity contribution in [2.75, 3.05) is 37.7 Å². The van der Waals surface area contributed by atoms with Gasteiger partial charge in [-0.15, -0.1) is 0 Å². The van der Waals surface area contributed by atoms with Gasteiger partial charge in [-0.1, -0.05) is 41.4 Å². The van der Waals surface area contributed by atoms with Crippen LogP contribution in [-0.4, -0.2) is 53.6 Å². The molecule has 0 aliphatic carbocycles. The number of halogens is 2. The number of hydrogen-bond acceptors (Lipinski definition) is 5. The van der Waals surface area contributed by atoms with E-state index in [-0.39, 0.29) is 12.5 Å². The number of rotatable bonds is 6. The number of carbonyl (C=O) groups is 1. The van der Waals surface area contributed by atoms with Crippen LogP contribution in [0.1, 0.15) is 22.6 Å². The lowest BCUT2D eigenvalue weighted by Crippen LogP contribution is -2.50. The Hall–Kier alpha value is -2.83. The minimum Gasteiger partial charge on any atom is -0.484 e. The molecule has 4 rings (SSSR count). The third-order valence-corrected chi connectivity index (χ3v) is 6.36. The molecule has 33 heavy (non-hydrogen) atoms. The summed E-state index contributed by atoms with van der Waals surface area (Å²) in [7, 11) is 0. The van der Waals surface area contributed by atoms with E-state index in [9.17, 15) is 4.79 Å². The Kier molecular flexibility index (Phi) is 7.36. The summed E-state index contributed by atoms with van der Waals surface area (Å²) < 4.78 is 5.62. The summed E-state index contributed by atoms with van der Waals surface area (Å²) in [6.45, 7) is 6.52. The second-order valence-electron chi connectivity index (χ2n) is 8.04. The van der Waals surface area contributed by atoms with Crippen molar-refractivity contribution in [1.82, 2.24) is 14.9 Å². The maximum absolute atomic E-state index is 12.7. The van der Waals surface area contributed by atoms with Crippen LogP contribution in [-0.2, 0) is 11.2 Å². The third-order valence-electron chi connectivity index (χ3n) is 5.74. The number of amides is 1. The van der Waals surface area contributed by atoms with Gasteiger partial charge in [0.15, 0.2) is 6.61 Å². The van der Waals surface area contributed by atoms with Crippen LogP contribution >= 0.6 is 23.2 Å². The first-order chi connectivity index (χ1) is 15.9. The first-order valence-corrected chi connectivity index (χ1v) is 11.6. The smallest absolute Gasteiger partial charge is 0.260 e. The third kappa shape index (κ3) is 5.75. The van der Waals surface area contributed by atoms with Crippen LogP contribution in [0.5, 0.6) is 5.75 Å². The molecule has 0 unspecified atom stereocenters. The monoisotopic (exact) mass is 484 g/mol. The topological polar surface area (TPSA) is 58.6 Å². The SMILES string of the molecule is Cc1nc(C)c(Cc2ccccc2Cl)c(N2CCN(C(=O)COc3ccc(Cl)cc3)CC2)n1. The Morgan fingerprint density at radius 1 is 0.970 bits per heavy atom. The van der Waals surface area contributed by atoms with Crippen LogP contribution in [0, 0.1) is 13.8 Å². The van der Waals surface area contributed by atoms with Gasteiger partial charge < -0.3 is 14.5 Å². The fraction of sp³-hybridized carbons (Fsp3) is 0.320. The Morgan fingerprint density at radius 3 is 2.36 bits per heavy atom. The quantitative estimate of drug-likeness (QED) is 0.506. The fourth-order valence-corrected chi connectivity index (χ4v) is 4.28. The van der Waals surface area contributed by atoms with Gasteiger partial charge in [0.05, 0.1) is 0 Å². The lowest BCUT2D eigenvalue weighted by molar-refractivity contribution is -0.133. The van der Waals surface area contributed by atoms with E-state index in [1.165, 1.54) is 0 Å². The highest BCUT2D eigenvalue weighted by Crippen LogP contribution is 2.27. The van der Waals surface area contributed by atoms with E-state index in [1.807, 2.05) is 43.0 Å². The zero-order chi connectivity index (χ0) is 23.4. The van der Waals surface area contributed by atoms with Crippen molar-refractivity contribution in [3.8, 4) is 5.75 Å². The van der Waals surface area contributed by atoms with E-state index in [0.29, 0.717) is 43.4 Å². The Labute approximate surface area is 204 Å². The lowest BCUT2D eigenvalue weighted by atomic mass is 10.0. The molecule has 0 saturated carbocycles. The second-order valence-corrected chi connectivity index (χ2v) is 8.88. The normalized spacial score (nSPS) is 13.8. The van der Waals surface area contributed by atoms with Crippen molar-refractivity contribution in [2.45, 2.75) is 20.3 Å². The molecule has 1 aliphatic heterocycles. The molecule has 1 fully saturated rings.